The maximum absolute atomic E-state index is 6.01. The van der Waals surface area contributed by atoms with Gasteiger partial charge in [0.05, 0.1) is 6.54 Å². The smallest absolute Gasteiger partial charge is 0.193 e. The van der Waals surface area contributed by atoms with Crippen LogP contribution < -0.4 is 11.1 Å². The van der Waals surface area contributed by atoms with Gasteiger partial charge in [0.25, 0.3) is 0 Å². The van der Waals surface area contributed by atoms with E-state index in [0.717, 1.165) is 17.1 Å². The van der Waals surface area contributed by atoms with Crippen molar-refractivity contribution in [1.82, 2.24) is 4.98 Å². The molecule has 0 spiro atoms. The Kier molecular flexibility index (Phi) is 4.20. The highest BCUT2D eigenvalue weighted by Gasteiger charge is 2.13. The number of anilines is 1. The fraction of sp³-hybridized carbons (Fsp3) is 0.375. The molecule has 0 fully saturated rings. The Balaban J connectivity index is 1.71. The van der Waals surface area contributed by atoms with E-state index in [-0.39, 0.29) is 0 Å². The van der Waals surface area contributed by atoms with Gasteiger partial charge in [-0.2, -0.15) is 0 Å². The van der Waals surface area contributed by atoms with Gasteiger partial charge in [-0.3, -0.25) is 0 Å². The molecule has 1 heterocycles. The molecule has 1 aliphatic carbocycles. The van der Waals surface area contributed by atoms with Crippen LogP contribution in [0, 0.1) is 6.92 Å². The minimum atomic E-state index is 0.460. The number of benzene rings is 1. The molecule has 5 heteroatoms. The summed E-state index contributed by atoms with van der Waals surface area (Å²) in [6, 6.07) is 6.38. The fourth-order valence-corrected chi connectivity index (χ4v) is 3.41. The predicted molar refractivity (Wildman–Crippen MR) is 88.9 cm³/mol. The second kappa shape index (κ2) is 6.26. The standard InChI is InChI=1S/C16H20N4S/c1-11-9-18-15(21-11)10-19-16(17)20-14-8-4-6-12-5-2-3-7-13(12)14/h4,6,8-9H,2-3,5,7,10H2,1H3,(H3,17,19,20). The molecule has 0 bridgehead atoms. The van der Waals surface area contributed by atoms with Crippen LogP contribution in [-0.4, -0.2) is 10.9 Å². The van der Waals surface area contributed by atoms with Crippen molar-refractivity contribution < 1.29 is 0 Å². The van der Waals surface area contributed by atoms with Gasteiger partial charge >= 0.3 is 0 Å². The number of aliphatic imine (C=N–C) groups is 1. The summed E-state index contributed by atoms with van der Waals surface area (Å²) in [5, 5.41) is 4.24. The lowest BCUT2D eigenvalue weighted by atomic mass is 9.90. The Morgan fingerprint density at radius 3 is 3.05 bits per heavy atom. The van der Waals surface area contributed by atoms with E-state index in [1.807, 2.05) is 13.1 Å². The van der Waals surface area contributed by atoms with Gasteiger partial charge in [0.15, 0.2) is 5.96 Å². The minimum absolute atomic E-state index is 0.460. The third-order valence-corrected chi connectivity index (χ3v) is 4.61. The molecule has 0 aliphatic heterocycles. The predicted octanol–water partition coefficient (Wildman–Crippen LogP) is 3.26. The van der Waals surface area contributed by atoms with E-state index in [1.165, 1.54) is 35.3 Å². The summed E-state index contributed by atoms with van der Waals surface area (Å²) in [5.74, 6) is 0.460. The summed E-state index contributed by atoms with van der Waals surface area (Å²) in [6.45, 7) is 2.58. The first-order chi connectivity index (χ1) is 10.2. The van der Waals surface area contributed by atoms with E-state index >= 15 is 0 Å². The Labute approximate surface area is 129 Å². The first kappa shape index (κ1) is 14.1. The third-order valence-electron chi connectivity index (χ3n) is 3.71. The SMILES string of the molecule is Cc1cnc(CN=C(N)Nc2cccc3c2CCCC3)s1. The first-order valence-electron chi connectivity index (χ1n) is 7.31. The van der Waals surface area contributed by atoms with E-state index in [1.54, 1.807) is 11.3 Å². The quantitative estimate of drug-likeness (QED) is 0.675. The highest BCUT2D eigenvalue weighted by atomic mass is 32.1. The second-order valence-corrected chi connectivity index (χ2v) is 6.66. The zero-order chi connectivity index (χ0) is 14.7. The van der Waals surface area contributed by atoms with Crippen LogP contribution in [0.1, 0.15) is 33.9 Å². The van der Waals surface area contributed by atoms with Gasteiger partial charge < -0.3 is 11.1 Å². The molecule has 110 valence electrons. The summed E-state index contributed by atoms with van der Waals surface area (Å²) >= 11 is 1.66. The molecule has 0 unspecified atom stereocenters. The summed E-state index contributed by atoms with van der Waals surface area (Å²) in [5.41, 5.74) is 9.94. The lowest BCUT2D eigenvalue weighted by molar-refractivity contribution is 0.687. The Bertz CT molecular complexity index is 660. The number of aryl methyl sites for hydroxylation is 2. The summed E-state index contributed by atoms with van der Waals surface area (Å²) in [7, 11) is 0. The van der Waals surface area contributed by atoms with E-state index < -0.39 is 0 Å². The highest BCUT2D eigenvalue weighted by Crippen LogP contribution is 2.27. The normalized spacial score (nSPS) is 14.8. The maximum Gasteiger partial charge on any atom is 0.193 e. The van der Waals surface area contributed by atoms with Crippen molar-refractivity contribution in [3.05, 3.63) is 45.4 Å². The number of aromatic nitrogens is 1. The largest absolute Gasteiger partial charge is 0.370 e. The second-order valence-electron chi connectivity index (χ2n) is 5.34. The number of nitrogens with one attached hydrogen (secondary N) is 1. The molecule has 4 nitrogen and oxygen atoms in total. The molecule has 3 rings (SSSR count). The van der Waals surface area contributed by atoms with Crippen molar-refractivity contribution in [3.8, 4) is 0 Å². The van der Waals surface area contributed by atoms with Crippen LogP contribution >= 0.6 is 11.3 Å². The number of nitrogens with two attached hydrogens (primary N) is 1. The number of hydrogen-bond acceptors (Lipinski definition) is 3. The van der Waals surface area contributed by atoms with Gasteiger partial charge in [-0.25, -0.2) is 9.98 Å². The number of nitrogens with zero attached hydrogens (tertiary/aromatic N) is 2. The first-order valence-corrected chi connectivity index (χ1v) is 8.13. The average Bonchev–Trinajstić information content (AvgIpc) is 2.91. The molecule has 1 aromatic heterocycles. The average molecular weight is 300 g/mol. The van der Waals surface area contributed by atoms with Crippen LogP contribution in [0.15, 0.2) is 29.4 Å². The lowest BCUT2D eigenvalue weighted by Crippen LogP contribution is -2.24. The Hall–Kier alpha value is -1.88. The molecule has 0 saturated carbocycles. The summed E-state index contributed by atoms with van der Waals surface area (Å²) in [4.78, 5) is 9.87. The van der Waals surface area contributed by atoms with Crippen molar-refractivity contribution in [3.63, 3.8) is 0 Å². The summed E-state index contributed by atoms with van der Waals surface area (Å²) < 4.78 is 0. The van der Waals surface area contributed by atoms with Gasteiger partial charge in [-0.05, 0) is 49.8 Å². The number of hydrogen-bond donors (Lipinski definition) is 2. The molecule has 0 radical (unpaired) electrons. The number of guanidine groups is 1. The molecular formula is C16H20N4S. The van der Waals surface area contributed by atoms with E-state index in [2.05, 4.69) is 33.5 Å². The minimum Gasteiger partial charge on any atom is -0.370 e. The van der Waals surface area contributed by atoms with Crippen LogP contribution in [0.2, 0.25) is 0 Å². The number of thiazole rings is 1. The molecule has 0 atom stereocenters. The van der Waals surface area contributed by atoms with Crippen LogP contribution in [0.3, 0.4) is 0 Å². The molecule has 0 amide bonds. The van der Waals surface area contributed by atoms with Crippen LogP contribution in [-0.2, 0) is 19.4 Å². The zero-order valence-corrected chi connectivity index (χ0v) is 13.0. The van der Waals surface area contributed by atoms with Crippen LogP contribution in [0.25, 0.3) is 0 Å². The van der Waals surface area contributed by atoms with E-state index in [0.29, 0.717) is 12.5 Å². The van der Waals surface area contributed by atoms with Crippen LogP contribution in [0.5, 0.6) is 0 Å². The Morgan fingerprint density at radius 1 is 1.38 bits per heavy atom. The molecule has 3 N–H and O–H groups in total. The summed E-state index contributed by atoms with van der Waals surface area (Å²) in [6.07, 6.45) is 6.69. The van der Waals surface area contributed by atoms with Gasteiger partial charge in [-0.15, -0.1) is 11.3 Å². The lowest BCUT2D eigenvalue weighted by Gasteiger charge is -2.19. The Morgan fingerprint density at radius 2 is 2.24 bits per heavy atom. The molecular weight excluding hydrogens is 280 g/mol. The third kappa shape index (κ3) is 3.42. The number of rotatable bonds is 3. The fourth-order valence-electron chi connectivity index (χ4n) is 2.70. The van der Waals surface area contributed by atoms with Gasteiger partial charge in [0, 0.05) is 16.8 Å². The molecule has 0 saturated heterocycles. The van der Waals surface area contributed by atoms with Gasteiger partial charge in [0.2, 0.25) is 0 Å². The van der Waals surface area contributed by atoms with Crippen molar-refractivity contribution in [2.24, 2.45) is 10.7 Å². The molecule has 1 aromatic carbocycles. The van der Waals surface area contributed by atoms with Gasteiger partial charge in [0.1, 0.15) is 5.01 Å². The highest BCUT2D eigenvalue weighted by molar-refractivity contribution is 7.11. The van der Waals surface area contributed by atoms with Crippen molar-refractivity contribution in [1.29, 1.82) is 0 Å². The van der Waals surface area contributed by atoms with Crippen molar-refractivity contribution >= 4 is 23.0 Å². The maximum atomic E-state index is 6.01. The van der Waals surface area contributed by atoms with Crippen molar-refractivity contribution in [2.75, 3.05) is 5.32 Å². The topological polar surface area (TPSA) is 63.3 Å². The number of fused-ring (bicyclic) bond motifs is 1. The van der Waals surface area contributed by atoms with Crippen molar-refractivity contribution in [2.45, 2.75) is 39.2 Å². The molecule has 2 aromatic rings. The van der Waals surface area contributed by atoms with E-state index in [9.17, 15) is 0 Å². The zero-order valence-electron chi connectivity index (χ0n) is 12.2. The molecule has 1 aliphatic rings. The van der Waals surface area contributed by atoms with Gasteiger partial charge in [-0.1, -0.05) is 12.1 Å². The van der Waals surface area contributed by atoms with E-state index in [4.69, 9.17) is 5.73 Å². The van der Waals surface area contributed by atoms with Crippen LogP contribution in [0.4, 0.5) is 5.69 Å². The monoisotopic (exact) mass is 300 g/mol. The molecule has 21 heavy (non-hydrogen) atoms.